The maximum atomic E-state index is 12.3. The topological polar surface area (TPSA) is 79.5 Å². The van der Waals surface area contributed by atoms with Crippen molar-refractivity contribution in [3.8, 4) is 0 Å². The molecule has 0 unspecified atom stereocenters. The average molecular weight is 316 g/mol. The van der Waals surface area contributed by atoms with Gasteiger partial charge in [-0.05, 0) is 30.9 Å². The third kappa shape index (κ3) is 3.52. The summed E-state index contributed by atoms with van der Waals surface area (Å²) in [5, 5.41) is 0. The molecule has 23 heavy (non-hydrogen) atoms. The molecule has 6 nitrogen and oxygen atoms in total. The van der Waals surface area contributed by atoms with Crippen LogP contribution >= 0.6 is 0 Å². The van der Waals surface area contributed by atoms with E-state index in [1.807, 2.05) is 21.9 Å². The summed E-state index contributed by atoms with van der Waals surface area (Å²) < 4.78 is 0. The summed E-state index contributed by atoms with van der Waals surface area (Å²) in [5.41, 5.74) is 6.58. The maximum Gasteiger partial charge on any atom is 0.236 e. The number of hydrogen-bond acceptors (Lipinski definition) is 4. The molecule has 3 heterocycles. The third-order valence-electron chi connectivity index (χ3n) is 5.03. The van der Waals surface area contributed by atoms with Crippen molar-refractivity contribution < 1.29 is 9.59 Å². The maximum absolute atomic E-state index is 12.3. The Morgan fingerprint density at radius 3 is 2.96 bits per heavy atom. The summed E-state index contributed by atoms with van der Waals surface area (Å²) >= 11 is 0. The number of rotatable bonds is 3. The molecule has 2 fully saturated rings. The van der Waals surface area contributed by atoms with Gasteiger partial charge in [0.2, 0.25) is 11.8 Å². The molecule has 2 aliphatic rings. The molecular weight excluding hydrogens is 292 g/mol. The predicted molar refractivity (Wildman–Crippen MR) is 86.2 cm³/mol. The Kier molecular flexibility index (Phi) is 4.61. The number of nitrogens with two attached hydrogens (primary N) is 1. The zero-order valence-electron chi connectivity index (χ0n) is 13.4. The monoisotopic (exact) mass is 316 g/mol. The van der Waals surface area contributed by atoms with Crippen LogP contribution < -0.4 is 5.73 Å². The van der Waals surface area contributed by atoms with E-state index in [4.69, 9.17) is 5.73 Å². The van der Waals surface area contributed by atoms with Crippen LogP contribution in [0.4, 0.5) is 0 Å². The molecule has 2 amide bonds. The molecule has 0 aromatic carbocycles. The minimum atomic E-state index is 0.0137. The first-order valence-corrected chi connectivity index (χ1v) is 8.26. The standard InChI is InChI=1S/C17H24N4O2/c18-9-16(23)20-8-2-5-17(12-20)6-4-15(22)21(13-17)11-14-3-1-7-19-10-14/h1,3,7,10H,2,4-6,8-9,11-13,18H2/t17-/m1/s1. The van der Waals surface area contributed by atoms with Gasteiger partial charge in [-0.1, -0.05) is 6.07 Å². The zero-order valence-corrected chi connectivity index (χ0v) is 13.4. The lowest BCUT2D eigenvalue weighted by Gasteiger charge is -2.48. The highest BCUT2D eigenvalue weighted by Gasteiger charge is 2.42. The number of piperidine rings is 2. The predicted octanol–water partition coefficient (Wildman–Crippen LogP) is 0.772. The fraction of sp³-hybridized carbons (Fsp3) is 0.588. The van der Waals surface area contributed by atoms with Gasteiger partial charge in [0.25, 0.3) is 0 Å². The highest BCUT2D eigenvalue weighted by Crippen LogP contribution is 2.39. The molecule has 2 N–H and O–H groups in total. The van der Waals surface area contributed by atoms with E-state index in [0.29, 0.717) is 13.0 Å². The summed E-state index contributed by atoms with van der Waals surface area (Å²) in [5.74, 6) is 0.210. The zero-order chi connectivity index (χ0) is 16.3. The lowest BCUT2D eigenvalue weighted by molar-refractivity contribution is -0.143. The lowest BCUT2D eigenvalue weighted by Crippen LogP contribution is -2.55. The molecule has 6 heteroatoms. The Labute approximate surface area is 136 Å². The number of pyridine rings is 1. The van der Waals surface area contributed by atoms with Gasteiger partial charge in [0.05, 0.1) is 6.54 Å². The number of carbonyl (C=O) groups excluding carboxylic acids is 2. The van der Waals surface area contributed by atoms with E-state index in [9.17, 15) is 9.59 Å². The van der Waals surface area contributed by atoms with Gasteiger partial charge in [-0.2, -0.15) is 0 Å². The van der Waals surface area contributed by atoms with Crippen LogP contribution in [0.1, 0.15) is 31.2 Å². The Morgan fingerprint density at radius 1 is 1.35 bits per heavy atom. The number of amides is 2. The van der Waals surface area contributed by atoms with Crippen molar-refractivity contribution >= 4 is 11.8 Å². The highest BCUT2D eigenvalue weighted by molar-refractivity contribution is 5.79. The number of nitrogens with zero attached hydrogens (tertiary/aromatic N) is 3. The summed E-state index contributed by atoms with van der Waals surface area (Å²) in [7, 11) is 0. The van der Waals surface area contributed by atoms with E-state index in [-0.39, 0.29) is 23.8 Å². The van der Waals surface area contributed by atoms with Crippen molar-refractivity contribution in [1.29, 1.82) is 0 Å². The van der Waals surface area contributed by atoms with Crippen molar-refractivity contribution in [2.45, 2.75) is 32.2 Å². The van der Waals surface area contributed by atoms with Gasteiger partial charge in [0.1, 0.15) is 0 Å². The fourth-order valence-electron chi connectivity index (χ4n) is 3.84. The van der Waals surface area contributed by atoms with Crippen molar-refractivity contribution in [2.75, 3.05) is 26.2 Å². The van der Waals surface area contributed by atoms with Gasteiger partial charge in [-0.25, -0.2) is 0 Å². The molecule has 1 atom stereocenters. The van der Waals surface area contributed by atoms with E-state index in [0.717, 1.165) is 44.5 Å². The van der Waals surface area contributed by atoms with Crippen LogP contribution in [0.25, 0.3) is 0 Å². The van der Waals surface area contributed by atoms with Crippen molar-refractivity contribution in [3.63, 3.8) is 0 Å². The second-order valence-corrected chi connectivity index (χ2v) is 6.73. The first-order valence-electron chi connectivity index (χ1n) is 8.26. The van der Waals surface area contributed by atoms with Crippen molar-refractivity contribution in [1.82, 2.24) is 14.8 Å². The molecular formula is C17H24N4O2. The second kappa shape index (κ2) is 6.66. The molecule has 2 saturated heterocycles. The van der Waals surface area contributed by atoms with Gasteiger partial charge in [0, 0.05) is 50.4 Å². The first kappa shape index (κ1) is 15.9. The molecule has 1 spiro atoms. The van der Waals surface area contributed by atoms with E-state index in [1.54, 1.807) is 12.4 Å². The summed E-state index contributed by atoms with van der Waals surface area (Å²) in [6, 6.07) is 3.88. The Morgan fingerprint density at radius 2 is 2.22 bits per heavy atom. The van der Waals surface area contributed by atoms with Gasteiger partial charge in [0.15, 0.2) is 0 Å². The van der Waals surface area contributed by atoms with Crippen LogP contribution in [0.2, 0.25) is 0 Å². The number of hydrogen-bond donors (Lipinski definition) is 1. The SMILES string of the molecule is NCC(=O)N1CCC[C@@]2(CCC(=O)N(Cc3cccnc3)C2)C1. The van der Waals surface area contributed by atoms with Gasteiger partial charge < -0.3 is 15.5 Å². The number of aromatic nitrogens is 1. The lowest BCUT2D eigenvalue weighted by atomic mass is 9.73. The smallest absolute Gasteiger partial charge is 0.236 e. The molecule has 0 saturated carbocycles. The van der Waals surface area contributed by atoms with Crippen LogP contribution in [0.15, 0.2) is 24.5 Å². The summed E-state index contributed by atoms with van der Waals surface area (Å²) in [4.78, 5) is 32.2. The Balaban J connectivity index is 1.71. The number of carbonyl (C=O) groups is 2. The summed E-state index contributed by atoms with van der Waals surface area (Å²) in [6.07, 6.45) is 7.02. The second-order valence-electron chi connectivity index (χ2n) is 6.73. The Hall–Kier alpha value is -1.95. The minimum Gasteiger partial charge on any atom is -0.341 e. The average Bonchev–Trinajstić information content (AvgIpc) is 2.59. The van der Waals surface area contributed by atoms with Gasteiger partial charge >= 0.3 is 0 Å². The minimum absolute atomic E-state index is 0.0137. The van der Waals surface area contributed by atoms with Crippen LogP contribution in [-0.4, -0.2) is 52.8 Å². The first-order chi connectivity index (χ1) is 11.1. The van der Waals surface area contributed by atoms with Crippen molar-refractivity contribution in [2.24, 2.45) is 11.1 Å². The molecule has 124 valence electrons. The van der Waals surface area contributed by atoms with E-state index >= 15 is 0 Å². The highest BCUT2D eigenvalue weighted by atomic mass is 16.2. The fourth-order valence-corrected chi connectivity index (χ4v) is 3.84. The van der Waals surface area contributed by atoms with E-state index in [1.165, 1.54) is 0 Å². The molecule has 0 radical (unpaired) electrons. The summed E-state index contributed by atoms with van der Waals surface area (Å²) in [6.45, 7) is 2.89. The van der Waals surface area contributed by atoms with E-state index < -0.39 is 0 Å². The number of likely N-dealkylation sites (tertiary alicyclic amines) is 2. The quantitative estimate of drug-likeness (QED) is 0.893. The Bertz CT molecular complexity index is 577. The van der Waals surface area contributed by atoms with Crippen LogP contribution in [0.5, 0.6) is 0 Å². The molecule has 1 aromatic heterocycles. The molecule has 1 aromatic rings. The normalized spacial score (nSPS) is 25.0. The van der Waals surface area contributed by atoms with Crippen LogP contribution in [0.3, 0.4) is 0 Å². The molecule has 2 aliphatic heterocycles. The van der Waals surface area contributed by atoms with Crippen LogP contribution in [0, 0.1) is 5.41 Å². The third-order valence-corrected chi connectivity index (χ3v) is 5.03. The molecule has 0 aliphatic carbocycles. The molecule has 0 bridgehead atoms. The van der Waals surface area contributed by atoms with E-state index in [2.05, 4.69) is 4.98 Å². The van der Waals surface area contributed by atoms with Crippen molar-refractivity contribution in [3.05, 3.63) is 30.1 Å². The van der Waals surface area contributed by atoms with Crippen LogP contribution in [-0.2, 0) is 16.1 Å². The molecule has 3 rings (SSSR count). The largest absolute Gasteiger partial charge is 0.341 e. The van der Waals surface area contributed by atoms with Gasteiger partial charge in [-0.3, -0.25) is 14.6 Å². The van der Waals surface area contributed by atoms with Gasteiger partial charge in [-0.15, -0.1) is 0 Å².